The summed E-state index contributed by atoms with van der Waals surface area (Å²) in [5.41, 5.74) is 2.82. The van der Waals surface area contributed by atoms with E-state index in [9.17, 15) is 9.90 Å². The van der Waals surface area contributed by atoms with Crippen molar-refractivity contribution in [2.45, 2.75) is 19.1 Å². The quantitative estimate of drug-likeness (QED) is 0.582. The Bertz CT molecular complexity index is 1040. The van der Waals surface area contributed by atoms with Gasteiger partial charge in [-0.25, -0.2) is 4.79 Å². The van der Waals surface area contributed by atoms with E-state index < -0.39 is 5.97 Å². The van der Waals surface area contributed by atoms with E-state index in [1.165, 1.54) is 0 Å². The van der Waals surface area contributed by atoms with Crippen molar-refractivity contribution >= 4 is 17.3 Å². The number of hydrogen-bond acceptors (Lipinski definition) is 6. The second-order valence-corrected chi connectivity index (χ2v) is 7.24. The highest BCUT2D eigenvalue weighted by Crippen LogP contribution is 2.37. The molecule has 0 amide bonds. The number of ether oxygens (including phenoxy) is 3. The number of hydrogen-bond donors (Lipinski definition) is 1. The summed E-state index contributed by atoms with van der Waals surface area (Å²) < 4.78 is 17.1. The van der Waals surface area contributed by atoms with Crippen LogP contribution in [0.25, 0.3) is 0 Å². The minimum atomic E-state index is -0.969. The van der Waals surface area contributed by atoms with E-state index in [2.05, 4.69) is 4.98 Å². The molecule has 2 heterocycles. The summed E-state index contributed by atoms with van der Waals surface area (Å²) >= 11 is 0. The Labute approximate surface area is 180 Å². The van der Waals surface area contributed by atoms with Crippen molar-refractivity contribution in [3.63, 3.8) is 0 Å². The molecular weight excluding hydrogens is 396 g/mol. The standard InChI is InChI=1S/C24H24N2O5/c1-29-22-8-7-20(13-23(22)31-21-9-11-30-16-21)26(15-17-4-3-10-25-14-17)19-6-2-5-18(12-19)24(27)28/h2-8,10,12-14,21H,9,11,15-16H2,1H3,(H,27,28)/t21-/m1/s1. The highest BCUT2D eigenvalue weighted by atomic mass is 16.6. The number of carbonyl (C=O) groups is 1. The molecule has 160 valence electrons. The normalized spacial score (nSPS) is 15.5. The molecule has 1 saturated heterocycles. The van der Waals surface area contributed by atoms with Gasteiger partial charge in [-0.3, -0.25) is 4.98 Å². The maximum atomic E-state index is 11.5. The first-order valence-corrected chi connectivity index (χ1v) is 10.1. The van der Waals surface area contributed by atoms with Crippen LogP contribution in [0.1, 0.15) is 22.3 Å². The smallest absolute Gasteiger partial charge is 0.335 e. The largest absolute Gasteiger partial charge is 0.493 e. The zero-order chi connectivity index (χ0) is 21.6. The van der Waals surface area contributed by atoms with E-state index in [0.717, 1.165) is 23.4 Å². The fraction of sp³-hybridized carbons (Fsp3) is 0.250. The van der Waals surface area contributed by atoms with Crippen molar-refractivity contribution in [1.29, 1.82) is 0 Å². The summed E-state index contributed by atoms with van der Waals surface area (Å²) in [5, 5.41) is 9.45. The molecule has 31 heavy (non-hydrogen) atoms. The molecule has 4 rings (SSSR count). The summed E-state index contributed by atoms with van der Waals surface area (Å²) in [6.45, 7) is 1.74. The lowest BCUT2D eigenvalue weighted by Crippen LogP contribution is -2.19. The van der Waals surface area contributed by atoms with Crippen LogP contribution in [-0.4, -0.2) is 42.5 Å². The Balaban J connectivity index is 1.73. The number of pyridine rings is 1. The molecule has 1 aliphatic heterocycles. The van der Waals surface area contributed by atoms with Crippen LogP contribution < -0.4 is 14.4 Å². The van der Waals surface area contributed by atoms with Crippen LogP contribution >= 0.6 is 0 Å². The Morgan fingerprint density at radius 1 is 1.16 bits per heavy atom. The number of carboxylic acid groups (broad SMARTS) is 1. The molecule has 1 fully saturated rings. The van der Waals surface area contributed by atoms with E-state index in [4.69, 9.17) is 14.2 Å². The molecule has 0 bridgehead atoms. The molecule has 1 aliphatic rings. The van der Waals surface area contributed by atoms with Crippen LogP contribution in [0, 0.1) is 0 Å². The lowest BCUT2D eigenvalue weighted by molar-refractivity contribution is 0.0697. The highest BCUT2D eigenvalue weighted by molar-refractivity contribution is 5.89. The van der Waals surface area contributed by atoms with E-state index >= 15 is 0 Å². The van der Waals surface area contributed by atoms with Crippen LogP contribution in [-0.2, 0) is 11.3 Å². The fourth-order valence-electron chi connectivity index (χ4n) is 3.52. The zero-order valence-corrected chi connectivity index (χ0v) is 17.2. The summed E-state index contributed by atoms with van der Waals surface area (Å²) in [4.78, 5) is 17.8. The second-order valence-electron chi connectivity index (χ2n) is 7.24. The number of rotatable bonds is 8. The number of anilines is 2. The second kappa shape index (κ2) is 9.49. The van der Waals surface area contributed by atoms with Crippen LogP contribution in [0.15, 0.2) is 67.0 Å². The molecule has 0 aliphatic carbocycles. The molecule has 3 aromatic rings. The molecule has 0 saturated carbocycles. The summed E-state index contributed by atoms with van der Waals surface area (Å²) in [6.07, 6.45) is 4.33. The van der Waals surface area contributed by atoms with Crippen molar-refractivity contribution in [2.24, 2.45) is 0 Å². The van der Waals surface area contributed by atoms with Gasteiger partial charge in [0.05, 0.1) is 25.9 Å². The molecule has 1 atom stereocenters. The van der Waals surface area contributed by atoms with E-state index in [0.29, 0.717) is 31.3 Å². The average Bonchev–Trinajstić information content (AvgIpc) is 3.31. The van der Waals surface area contributed by atoms with Gasteiger partial charge in [-0.2, -0.15) is 0 Å². The molecular formula is C24H24N2O5. The highest BCUT2D eigenvalue weighted by Gasteiger charge is 2.21. The molecule has 0 unspecified atom stereocenters. The van der Waals surface area contributed by atoms with Crippen LogP contribution in [0.3, 0.4) is 0 Å². The van der Waals surface area contributed by atoms with Gasteiger partial charge in [0.25, 0.3) is 0 Å². The average molecular weight is 420 g/mol. The Hall–Kier alpha value is -3.58. The zero-order valence-electron chi connectivity index (χ0n) is 17.2. The molecule has 0 spiro atoms. The number of aromatic nitrogens is 1. The Morgan fingerprint density at radius 3 is 2.74 bits per heavy atom. The minimum Gasteiger partial charge on any atom is -0.493 e. The van der Waals surface area contributed by atoms with Gasteiger partial charge in [0.1, 0.15) is 6.10 Å². The van der Waals surface area contributed by atoms with Crippen molar-refractivity contribution in [1.82, 2.24) is 4.98 Å². The Kier molecular flexibility index (Phi) is 6.33. The lowest BCUT2D eigenvalue weighted by atomic mass is 10.1. The van der Waals surface area contributed by atoms with Gasteiger partial charge in [0.15, 0.2) is 11.5 Å². The van der Waals surface area contributed by atoms with Crippen molar-refractivity contribution in [3.05, 3.63) is 78.1 Å². The number of carboxylic acids is 1. The first-order chi connectivity index (χ1) is 15.1. The third kappa shape index (κ3) is 4.95. The first kappa shape index (κ1) is 20.7. The maximum Gasteiger partial charge on any atom is 0.335 e. The SMILES string of the molecule is COc1ccc(N(Cc2cccnc2)c2cccc(C(=O)O)c2)cc1O[C@@H]1CCOC1. The number of aromatic carboxylic acids is 1. The monoisotopic (exact) mass is 420 g/mol. The van der Waals surface area contributed by atoms with Gasteiger partial charge >= 0.3 is 5.97 Å². The van der Waals surface area contributed by atoms with Crippen LogP contribution in [0.5, 0.6) is 11.5 Å². The molecule has 0 radical (unpaired) electrons. The van der Waals surface area contributed by atoms with E-state index in [1.54, 1.807) is 37.7 Å². The van der Waals surface area contributed by atoms with Gasteiger partial charge in [-0.05, 0) is 42.0 Å². The minimum absolute atomic E-state index is 0.0220. The van der Waals surface area contributed by atoms with Gasteiger partial charge < -0.3 is 24.2 Å². The van der Waals surface area contributed by atoms with Gasteiger partial charge in [0.2, 0.25) is 0 Å². The molecule has 2 aromatic carbocycles. The Morgan fingerprint density at radius 2 is 2.03 bits per heavy atom. The fourth-order valence-corrected chi connectivity index (χ4v) is 3.52. The van der Waals surface area contributed by atoms with Gasteiger partial charge in [-0.15, -0.1) is 0 Å². The van der Waals surface area contributed by atoms with Crippen LogP contribution in [0.4, 0.5) is 11.4 Å². The molecule has 7 nitrogen and oxygen atoms in total. The summed E-state index contributed by atoms with van der Waals surface area (Å²) in [6, 6.07) is 16.4. The molecule has 7 heteroatoms. The number of benzene rings is 2. The third-order valence-electron chi connectivity index (χ3n) is 5.11. The predicted molar refractivity (Wildman–Crippen MR) is 116 cm³/mol. The van der Waals surface area contributed by atoms with Gasteiger partial charge in [0, 0.05) is 42.8 Å². The molecule has 1 aromatic heterocycles. The topological polar surface area (TPSA) is 81.1 Å². The molecule has 1 N–H and O–H groups in total. The summed E-state index contributed by atoms with van der Waals surface area (Å²) in [5.74, 6) is 0.292. The summed E-state index contributed by atoms with van der Waals surface area (Å²) in [7, 11) is 1.61. The van der Waals surface area contributed by atoms with Gasteiger partial charge in [-0.1, -0.05) is 12.1 Å². The third-order valence-corrected chi connectivity index (χ3v) is 5.11. The van der Waals surface area contributed by atoms with E-state index in [-0.39, 0.29) is 11.7 Å². The number of methoxy groups -OCH3 is 1. The number of nitrogens with zero attached hydrogens (tertiary/aromatic N) is 2. The lowest BCUT2D eigenvalue weighted by Gasteiger charge is -2.27. The van der Waals surface area contributed by atoms with E-state index in [1.807, 2.05) is 41.3 Å². The van der Waals surface area contributed by atoms with Crippen LogP contribution in [0.2, 0.25) is 0 Å². The van der Waals surface area contributed by atoms with Crippen molar-refractivity contribution in [2.75, 3.05) is 25.2 Å². The first-order valence-electron chi connectivity index (χ1n) is 10.1. The van der Waals surface area contributed by atoms with Crippen molar-refractivity contribution < 1.29 is 24.1 Å². The maximum absolute atomic E-state index is 11.5. The predicted octanol–water partition coefficient (Wildman–Crippen LogP) is 4.29. The van der Waals surface area contributed by atoms with Crippen molar-refractivity contribution in [3.8, 4) is 11.5 Å².